The molecule has 0 saturated heterocycles. The molecule has 2 unspecified atom stereocenters. The van der Waals surface area contributed by atoms with Crippen LogP contribution in [0, 0.1) is 0 Å². The van der Waals surface area contributed by atoms with Crippen molar-refractivity contribution >= 4 is 17.5 Å². The maximum Gasteiger partial charge on any atom is 0.222 e. The average molecular weight is 269 g/mol. The number of rotatable bonds is 6. The fourth-order valence-electron chi connectivity index (χ4n) is 1.87. The maximum atomic E-state index is 11.8. The van der Waals surface area contributed by atoms with Crippen LogP contribution in [0.5, 0.6) is 0 Å². The highest BCUT2D eigenvalue weighted by Crippen LogP contribution is 2.17. The van der Waals surface area contributed by atoms with E-state index in [9.17, 15) is 4.79 Å². The molecule has 3 nitrogen and oxygen atoms in total. The van der Waals surface area contributed by atoms with Crippen molar-refractivity contribution in [2.75, 3.05) is 0 Å². The van der Waals surface area contributed by atoms with E-state index in [4.69, 9.17) is 17.3 Å². The molecule has 2 atom stereocenters. The average Bonchev–Trinajstić information content (AvgIpc) is 2.28. The van der Waals surface area contributed by atoms with Crippen LogP contribution in [0.3, 0.4) is 0 Å². The summed E-state index contributed by atoms with van der Waals surface area (Å²) in [6.07, 6.45) is 2.25. The molecule has 1 aromatic carbocycles. The second-order valence-corrected chi connectivity index (χ2v) is 5.03. The normalized spacial score (nSPS) is 14.0. The molecular weight excluding hydrogens is 248 g/mol. The Morgan fingerprint density at radius 3 is 2.83 bits per heavy atom. The third kappa shape index (κ3) is 5.07. The first-order valence-corrected chi connectivity index (χ1v) is 6.71. The van der Waals surface area contributed by atoms with Crippen molar-refractivity contribution in [3.63, 3.8) is 0 Å². The summed E-state index contributed by atoms with van der Waals surface area (Å²) in [6, 6.07) is 7.40. The van der Waals surface area contributed by atoms with Crippen LogP contribution in [0.2, 0.25) is 5.02 Å². The molecule has 1 amide bonds. The highest BCUT2D eigenvalue weighted by molar-refractivity contribution is 6.30. The number of carbonyl (C=O) groups excluding carboxylic acids is 1. The Morgan fingerprint density at radius 1 is 1.50 bits per heavy atom. The van der Waals surface area contributed by atoms with Crippen molar-refractivity contribution in [1.82, 2.24) is 5.32 Å². The molecule has 0 radical (unpaired) electrons. The first kappa shape index (κ1) is 15.0. The minimum absolute atomic E-state index is 0.0107. The molecule has 0 saturated carbocycles. The van der Waals surface area contributed by atoms with Crippen LogP contribution >= 0.6 is 11.6 Å². The molecule has 1 rings (SSSR count). The number of nitrogens with one attached hydrogen (secondary N) is 1. The number of halogens is 1. The molecule has 0 aliphatic carbocycles. The Balaban J connectivity index is 2.49. The Bertz CT molecular complexity index is 395. The number of amides is 1. The molecule has 4 heteroatoms. The van der Waals surface area contributed by atoms with Gasteiger partial charge in [0.05, 0.1) is 6.04 Å². The maximum absolute atomic E-state index is 11.8. The van der Waals surface area contributed by atoms with Crippen LogP contribution in [-0.2, 0) is 4.79 Å². The summed E-state index contributed by atoms with van der Waals surface area (Å²) in [7, 11) is 0. The van der Waals surface area contributed by atoms with Gasteiger partial charge in [-0.15, -0.1) is 0 Å². The third-order valence-corrected chi connectivity index (χ3v) is 3.07. The predicted octanol–water partition coefficient (Wildman–Crippen LogP) is 3.03. The zero-order chi connectivity index (χ0) is 13.5. The Kier molecular flexibility index (Phi) is 6.16. The van der Waals surface area contributed by atoms with E-state index in [-0.39, 0.29) is 18.0 Å². The topological polar surface area (TPSA) is 55.1 Å². The smallest absolute Gasteiger partial charge is 0.222 e. The molecule has 3 N–H and O–H groups in total. The number of hydrogen-bond donors (Lipinski definition) is 2. The van der Waals surface area contributed by atoms with E-state index in [0.717, 1.165) is 18.4 Å². The van der Waals surface area contributed by atoms with Gasteiger partial charge in [-0.2, -0.15) is 0 Å². The molecule has 0 aromatic heterocycles. The van der Waals surface area contributed by atoms with E-state index in [0.29, 0.717) is 11.4 Å². The van der Waals surface area contributed by atoms with Gasteiger partial charge in [-0.05, 0) is 31.0 Å². The molecule has 0 fully saturated rings. The highest BCUT2D eigenvalue weighted by atomic mass is 35.5. The van der Waals surface area contributed by atoms with E-state index in [1.54, 1.807) is 0 Å². The lowest BCUT2D eigenvalue weighted by atomic mass is 10.1. The second-order valence-electron chi connectivity index (χ2n) is 4.60. The quantitative estimate of drug-likeness (QED) is 0.833. The molecule has 1 aromatic rings. The van der Waals surface area contributed by atoms with E-state index in [1.165, 1.54) is 0 Å². The molecule has 100 valence electrons. The van der Waals surface area contributed by atoms with E-state index in [2.05, 4.69) is 12.2 Å². The van der Waals surface area contributed by atoms with Gasteiger partial charge in [-0.1, -0.05) is 37.1 Å². The number of benzene rings is 1. The van der Waals surface area contributed by atoms with Crippen molar-refractivity contribution < 1.29 is 4.79 Å². The highest BCUT2D eigenvalue weighted by Gasteiger charge is 2.12. The van der Waals surface area contributed by atoms with Gasteiger partial charge in [0.1, 0.15) is 0 Å². The Morgan fingerprint density at radius 2 is 2.22 bits per heavy atom. The van der Waals surface area contributed by atoms with Gasteiger partial charge in [0, 0.05) is 17.5 Å². The monoisotopic (exact) mass is 268 g/mol. The first-order valence-electron chi connectivity index (χ1n) is 6.33. The van der Waals surface area contributed by atoms with Crippen LogP contribution in [0.15, 0.2) is 24.3 Å². The van der Waals surface area contributed by atoms with Crippen LogP contribution < -0.4 is 11.1 Å². The van der Waals surface area contributed by atoms with Crippen molar-refractivity contribution in [2.24, 2.45) is 5.73 Å². The Hall–Kier alpha value is -1.06. The van der Waals surface area contributed by atoms with Crippen LogP contribution in [0.1, 0.15) is 44.7 Å². The van der Waals surface area contributed by atoms with E-state index >= 15 is 0 Å². The van der Waals surface area contributed by atoms with Gasteiger partial charge >= 0.3 is 0 Å². The minimum Gasteiger partial charge on any atom is -0.350 e. The predicted molar refractivity (Wildman–Crippen MR) is 75.5 cm³/mol. The van der Waals surface area contributed by atoms with Gasteiger partial charge in [0.15, 0.2) is 0 Å². The summed E-state index contributed by atoms with van der Waals surface area (Å²) in [5.74, 6) is -0.0107. The van der Waals surface area contributed by atoms with Crippen LogP contribution in [-0.4, -0.2) is 11.9 Å². The summed E-state index contributed by atoms with van der Waals surface area (Å²) < 4.78 is 0. The van der Waals surface area contributed by atoms with Gasteiger partial charge < -0.3 is 11.1 Å². The zero-order valence-electron chi connectivity index (χ0n) is 10.9. The largest absolute Gasteiger partial charge is 0.350 e. The first-order chi connectivity index (χ1) is 8.52. The molecule has 0 heterocycles. The fraction of sp³-hybridized carbons (Fsp3) is 0.500. The standard InChI is InChI=1S/C14H21ClN2O/c1-3-5-13(16)9-14(18)17-10(2)11-6-4-7-12(15)8-11/h4,6-8,10,13H,3,5,9,16H2,1-2H3,(H,17,18). The second kappa shape index (κ2) is 7.39. The van der Waals surface area contributed by atoms with Crippen molar-refractivity contribution in [3.8, 4) is 0 Å². The molecule has 18 heavy (non-hydrogen) atoms. The summed E-state index contributed by atoms with van der Waals surface area (Å²) >= 11 is 5.92. The molecule has 0 aliphatic rings. The zero-order valence-corrected chi connectivity index (χ0v) is 11.7. The summed E-state index contributed by atoms with van der Waals surface area (Å²) in [5.41, 5.74) is 6.84. The third-order valence-electron chi connectivity index (χ3n) is 2.83. The van der Waals surface area contributed by atoms with Crippen molar-refractivity contribution in [1.29, 1.82) is 0 Å². The summed E-state index contributed by atoms with van der Waals surface area (Å²) in [4.78, 5) is 11.8. The van der Waals surface area contributed by atoms with Gasteiger partial charge in [0.2, 0.25) is 5.91 Å². The van der Waals surface area contributed by atoms with Crippen LogP contribution in [0.4, 0.5) is 0 Å². The lowest BCUT2D eigenvalue weighted by Gasteiger charge is -2.16. The molecule has 0 spiro atoms. The molecule has 0 bridgehead atoms. The number of hydrogen-bond acceptors (Lipinski definition) is 2. The van der Waals surface area contributed by atoms with Crippen molar-refractivity contribution in [2.45, 2.75) is 45.2 Å². The van der Waals surface area contributed by atoms with Crippen LogP contribution in [0.25, 0.3) is 0 Å². The van der Waals surface area contributed by atoms with Crippen molar-refractivity contribution in [3.05, 3.63) is 34.9 Å². The lowest BCUT2D eigenvalue weighted by molar-refractivity contribution is -0.122. The minimum atomic E-state index is -0.0541. The fourth-order valence-corrected chi connectivity index (χ4v) is 2.07. The number of nitrogens with two attached hydrogens (primary N) is 1. The lowest BCUT2D eigenvalue weighted by Crippen LogP contribution is -2.33. The van der Waals surface area contributed by atoms with Gasteiger partial charge in [-0.25, -0.2) is 0 Å². The summed E-state index contributed by atoms with van der Waals surface area (Å²) in [5, 5.41) is 3.61. The van der Waals surface area contributed by atoms with Gasteiger partial charge in [-0.3, -0.25) is 4.79 Å². The van der Waals surface area contributed by atoms with E-state index in [1.807, 2.05) is 31.2 Å². The van der Waals surface area contributed by atoms with Gasteiger partial charge in [0.25, 0.3) is 0 Å². The summed E-state index contributed by atoms with van der Waals surface area (Å²) in [6.45, 7) is 4.00. The molecule has 0 aliphatic heterocycles. The van der Waals surface area contributed by atoms with E-state index < -0.39 is 0 Å². The Labute approximate surface area is 114 Å². The molecular formula is C14H21ClN2O. The number of carbonyl (C=O) groups is 1. The SMILES string of the molecule is CCCC(N)CC(=O)NC(C)c1cccc(Cl)c1.